The highest BCUT2D eigenvalue weighted by Crippen LogP contribution is 2.28. The van der Waals surface area contributed by atoms with Crippen LogP contribution in [0, 0.1) is 6.92 Å². The van der Waals surface area contributed by atoms with E-state index in [1.54, 1.807) is 0 Å². The Kier molecular flexibility index (Phi) is 4.38. The van der Waals surface area contributed by atoms with Crippen LogP contribution in [0.25, 0.3) is 22.4 Å². The number of hydrogen-bond donors (Lipinski definition) is 2. The van der Waals surface area contributed by atoms with Gasteiger partial charge >= 0.3 is 0 Å². The molecule has 1 aromatic carbocycles. The Hall–Kier alpha value is -2.44. The first-order valence-electron chi connectivity index (χ1n) is 8.75. The SMILES string of the molecule is Cc1cc2c(N3CCN(CCO)CC3)nc(-c3ccccc3)nc2[nH]1. The first kappa shape index (κ1) is 16.1. The lowest BCUT2D eigenvalue weighted by Gasteiger charge is -2.35. The van der Waals surface area contributed by atoms with Crippen LogP contribution in [0.2, 0.25) is 0 Å². The predicted molar refractivity (Wildman–Crippen MR) is 99.8 cm³/mol. The number of H-pyrrole nitrogens is 1. The molecule has 1 saturated heterocycles. The van der Waals surface area contributed by atoms with Gasteiger partial charge in [0.15, 0.2) is 5.82 Å². The minimum Gasteiger partial charge on any atom is -0.395 e. The number of aromatic amines is 1. The molecule has 130 valence electrons. The fraction of sp³-hybridized carbons (Fsp3) is 0.368. The minimum absolute atomic E-state index is 0.215. The summed E-state index contributed by atoms with van der Waals surface area (Å²) in [5.74, 6) is 1.75. The zero-order valence-electron chi connectivity index (χ0n) is 14.4. The molecular formula is C19H23N5O. The fourth-order valence-corrected chi connectivity index (χ4v) is 3.41. The van der Waals surface area contributed by atoms with Gasteiger partial charge in [-0.3, -0.25) is 4.90 Å². The molecule has 3 aromatic rings. The number of rotatable bonds is 4. The van der Waals surface area contributed by atoms with Crippen LogP contribution in [-0.2, 0) is 0 Å². The van der Waals surface area contributed by atoms with Crippen LogP contribution in [0.5, 0.6) is 0 Å². The summed E-state index contributed by atoms with van der Waals surface area (Å²) in [6, 6.07) is 12.2. The number of benzene rings is 1. The maximum atomic E-state index is 9.13. The smallest absolute Gasteiger partial charge is 0.163 e. The number of anilines is 1. The van der Waals surface area contributed by atoms with Crippen LogP contribution in [0.1, 0.15) is 5.69 Å². The topological polar surface area (TPSA) is 68.3 Å². The number of β-amino-alcohol motifs (C(OH)–C–C–N with tert-alkyl or cyclic N) is 1. The number of fused-ring (bicyclic) bond motifs is 1. The van der Waals surface area contributed by atoms with Crippen LogP contribution in [-0.4, -0.2) is 64.3 Å². The van der Waals surface area contributed by atoms with Crippen LogP contribution < -0.4 is 4.90 Å². The van der Waals surface area contributed by atoms with Crippen molar-refractivity contribution in [3.8, 4) is 11.4 Å². The monoisotopic (exact) mass is 337 g/mol. The van der Waals surface area contributed by atoms with E-state index in [9.17, 15) is 0 Å². The molecule has 0 atom stereocenters. The molecule has 2 N–H and O–H groups in total. The molecule has 0 radical (unpaired) electrons. The van der Waals surface area contributed by atoms with Gasteiger partial charge in [0, 0.05) is 44.0 Å². The molecule has 1 aliphatic heterocycles. The van der Waals surface area contributed by atoms with E-state index >= 15 is 0 Å². The first-order chi connectivity index (χ1) is 12.2. The summed E-state index contributed by atoms with van der Waals surface area (Å²) in [7, 11) is 0. The number of aromatic nitrogens is 3. The molecule has 6 heteroatoms. The van der Waals surface area contributed by atoms with Crippen LogP contribution >= 0.6 is 0 Å². The van der Waals surface area contributed by atoms with E-state index < -0.39 is 0 Å². The van der Waals surface area contributed by atoms with Crippen LogP contribution in [0.3, 0.4) is 0 Å². The van der Waals surface area contributed by atoms with Crippen molar-refractivity contribution in [2.24, 2.45) is 0 Å². The van der Waals surface area contributed by atoms with Gasteiger partial charge < -0.3 is 15.0 Å². The Morgan fingerprint density at radius 1 is 1.08 bits per heavy atom. The number of aliphatic hydroxyl groups excluding tert-OH is 1. The van der Waals surface area contributed by atoms with E-state index in [0.717, 1.165) is 66.7 Å². The predicted octanol–water partition coefficient (Wildman–Crippen LogP) is 2.05. The van der Waals surface area contributed by atoms with Gasteiger partial charge in [0.1, 0.15) is 11.5 Å². The van der Waals surface area contributed by atoms with Gasteiger partial charge in [0.2, 0.25) is 0 Å². The van der Waals surface area contributed by atoms with Gasteiger partial charge in [-0.2, -0.15) is 0 Å². The molecule has 1 aliphatic rings. The summed E-state index contributed by atoms with van der Waals surface area (Å²) in [5.41, 5.74) is 3.01. The largest absolute Gasteiger partial charge is 0.395 e. The number of piperazine rings is 1. The zero-order chi connectivity index (χ0) is 17.2. The highest BCUT2D eigenvalue weighted by molar-refractivity contribution is 5.90. The molecule has 2 aromatic heterocycles. The van der Waals surface area contributed by atoms with Crippen molar-refractivity contribution in [1.82, 2.24) is 19.9 Å². The molecule has 1 fully saturated rings. The molecule has 0 saturated carbocycles. The summed E-state index contributed by atoms with van der Waals surface area (Å²) < 4.78 is 0. The average Bonchev–Trinajstić information content (AvgIpc) is 3.03. The van der Waals surface area contributed by atoms with Crippen molar-refractivity contribution in [3.63, 3.8) is 0 Å². The maximum Gasteiger partial charge on any atom is 0.163 e. The second kappa shape index (κ2) is 6.82. The molecule has 3 heterocycles. The second-order valence-electron chi connectivity index (χ2n) is 6.50. The first-order valence-corrected chi connectivity index (χ1v) is 8.75. The number of nitrogens with zero attached hydrogens (tertiary/aromatic N) is 4. The Bertz CT molecular complexity index is 853. The highest BCUT2D eigenvalue weighted by atomic mass is 16.3. The Balaban J connectivity index is 1.72. The second-order valence-corrected chi connectivity index (χ2v) is 6.50. The van der Waals surface area contributed by atoms with E-state index in [0.29, 0.717) is 0 Å². The molecule has 0 aliphatic carbocycles. The van der Waals surface area contributed by atoms with E-state index in [2.05, 4.69) is 20.9 Å². The van der Waals surface area contributed by atoms with Crippen molar-refractivity contribution in [2.45, 2.75) is 6.92 Å². The maximum absolute atomic E-state index is 9.13. The van der Waals surface area contributed by atoms with Crippen molar-refractivity contribution in [2.75, 3.05) is 44.2 Å². The third-order valence-corrected chi connectivity index (χ3v) is 4.72. The van der Waals surface area contributed by atoms with Gasteiger partial charge in [-0.25, -0.2) is 9.97 Å². The number of hydrogen-bond acceptors (Lipinski definition) is 5. The third-order valence-electron chi connectivity index (χ3n) is 4.72. The molecular weight excluding hydrogens is 314 g/mol. The zero-order valence-corrected chi connectivity index (χ0v) is 14.4. The summed E-state index contributed by atoms with van der Waals surface area (Å²) >= 11 is 0. The lowest BCUT2D eigenvalue weighted by atomic mass is 10.2. The van der Waals surface area contributed by atoms with Gasteiger partial charge in [-0.05, 0) is 13.0 Å². The van der Waals surface area contributed by atoms with E-state index in [-0.39, 0.29) is 6.61 Å². The summed E-state index contributed by atoms with van der Waals surface area (Å²) in [6.45, 7) is 6.70. The summed E-state index contributed by atoms with van der Waals surface area (Å²) in [6.07, 6.45) is 0. The Labute approximate surface area is 147 Å². The molecule has 0 bridgehead atoms. The molecule has 25 heavy (non-hydrogen) atoms. The molecule has 0 unspecified atom stereocenters. The van der Waals surface area contributed by atoms with Crippen LogP contribution in [0.15, 0.2) is 36.4 Å². The Morgan fingerprint density at radius 2 is 1.84 bits per heavy atom. The molecule has 4 rings (SSSR count). The minimum atomic E-state index is 0.215. The van der Waals surface area contributed by atoms with Crippen molar-refractivity contribution < 1.29 is 5.11 Å². The Morgan fingerprint density at radius 3 is 2.56 bits per heavy atom. The summed E-state index contributed by atoms with van der Waals surface area (Å²) in [5, 5.41) is 10.2. The van der Waals surface area contributed by atoms with Gasteiger partial charge in [-0.15, -0.1) is 0 Å². The van der Waals surface area contributed by atoms with Crippen molar-refractivity contribution >= 4 is 16.9 Å². The van der Waals surface area contributed by atoms with Crippen molar-refractivity contribution in [3.05, 3.63) is 42.1 Å². The molecule has 0 amide bonds. The van der Waals surface area contributed by atoms with Gasteiger partial charge in [0.25, 0.3) is 0 Å². The van der Waals surface area contributed by atoms with Gasteiger partial charge in [-0.1, -0.05) is 30.3 Å². The number of nitrogens with one attached hydrogen (secondary N) is 1. The average molecular weight is 337 g/mol. The third kappa shape index (κ3) is 3.23. The van der Waals surface area contributed by atoms with Gasteiger partial charge in [0.05, 0.1) is 12.0 Å². The van der Waals surface area contributed by atoms with Crippen molar-refractivity contribution in [1.29, 1.82) is 0 Å². The molecule has 0 spiro atoms. The highest BCUT2D eigenvalue weighted by Gasteiger charge is 2.21. The number of aliphatic hydroxyl groups is 1. The van der Waals surface area contributed by atoms with E-state index in [1.807, 2.05) is 37.3 Å². The van der Waals surface area contributed by atoms with E-state index in [4.69, 9.17) is 15.1 Å². The van der Waals surface area contributed by atoms with E-state index in [1.165, 1.54) is 0 Å². The number of aryl methyl sites for hydroxylation is 1. The quantitative estimate of drug-likeness (QED) is 0.763. The normalized spacial score (nSPS) is 15.8. The lowest BCUT2D eigenvalue weighted by molar-refractivity contribution is 0.188. The standard InChI is InChI=1S/C19H23N5O/c1-14-13-16-18(20-14)21-17(15-5-3-2-4-6-15)22-19(16)24-9-7-23(8-10-24)11-12-25/h2-6,13,25H,7-12H2,1H3,(H,20,21,22). The fourth-order valence-electron chi connectivity index (χ4n) is 3.41. The lowest BCUT2D eigenvalue weighted by Crippen LogP contribution is -2.47. The summed E-state index contributed by atoms with van der Waals surface area (Å²) in [4.78, 5) is 17.6. The molecule has 6 nitrogen and oxygen atoms in total. The van der Waals surface area contributed by atoms with Crippen LogP contribution in [0.4, 0.5) is 5.82 Å².